The lowest BCUT2D eigenvalue weighted by molar-refractivity contribution is 0.0362. The van der Waals surface area contributed by atoms with Crippen LogP contribution in [-0.2, 0) is 0 Å². The Kier molecular flexibility index (Phi) is 3.91. The molecule has 2 nitrogen and oxygen atoms in total. The van der Waals surface area contributed by atoms with Gasteiger partial charge in [0.25, 0.3) is 0 Å². The summed E-state index contributed by atoms with van der Waals surface area (Å²) in [5.41, 5.74) is 0.526. The van der Waals surface area contributed by atoms with Crippen molar-refractivity contribution in [2.75, 3.05) is 26.7 Å². The van der Waals surface area contributed by atoms with Gasteiger partial charge in [0.05, 0.1) is 0 Å². The molecule has 1 unspecified atom stereocenters. The maximum absolute atomic E-state index is 3.38. The van der Waals surface area contributed by atoms with Gasteiger partial charge >= 0.3 is 0 Å². The maximum Gasteiger partial charge on any atom is 0.00953 e. The Morgan fingerprint density at radius 3 is 2.56 bits per heavy atom. The Balaban J connectivity index is 1.94. The van der Waals surface area contributed by atoms with Crippen LogP contribution in [0.2, 0.25) is 0 Å². The molecule has 2 aliphatic rings. The minimum atomic E-state index is 0.526. The fourth-order valence-corrected chi connectivity index (χ4v) is 3.45. The lowest BCUT2D eigenvalue weighted by atomic mass is 9.73. The number of nitrogens with zero attached hydrogens (tertiary/aromatic N) is 1. The summed E-state index contributed by atoms with van der Waals surface area (Å²) in [4.78, 5) is 2.78. The second kappa shape index (κ2) is 5.05. The highest BCUT2D eigenvalue weighted by Crippen LogP contribution is 2.37. The zero-order chi connectivity index (χ0) is 11.6. The lowest BCUT2D eigenvalue weighted by Gasteiger charge is -2.46. The van der Waals surface area contributed by atoms with E-state index in [4.69, 9.17) is 0 Å². The van der Waals surface area contributed by atoms with Crippen molar-refractivity contribution in [2.45, 2.75) is 52.0 Å². The summed E-state index contributed by atoms with van der Waals surface area (Å²) in [5.74, 6) is 0.826. The molecule has 2 heteroatoms. The van der Waals surface area contributed by atoms with Crippen LogP contribution in [0.4, 0.5) is 0 Å². The maximum atomic E-state index is 3.38. The van der Waals surface area contributed by atoms with Gasteiger partial charge < -0.3 is 10.2 Å². The third-order valence-corrected chi connectivity index (χ3v) is 4.90. The van der Waals surface area contributed by atoms with Crippen LogP contribution in [-0.4, -0.2) is 37.6 Å². The molecular weight excluding hydrogens is 196 g/mol. The second-order valence-electron chi connectivity index (χ2n) is 6.43. The Morgan fingerprint density at radius 1 is 1.25 bits per heavy atom. The van der Waals surface area contributed by atoms with Crippen LogP contribution in [0.5, 0.6) is 0 Å². The highest BCUT2D eigenvalue weighted by Gasteiger charge is 2.37. The van der Waals surface area contributed by atoms with E-state index in [1.165, 1.54) is 51.7 Å². The second-order valence-corrected chi connectivity index (χ2v) is 6.43. The molecule has 0 amide bonds. The van der Waals surface area contributed by atoms with E-state index in [2.05, 4.69) is 31.1 Å². The minimum absolute atomic E-state index is 0.526. The van der Waals surface area contributed by atoms with Crippen LogP contribution in [0.15, 0.2) is 0 Å². The smallest absolute Gasteiger partial charge is 0.00953 e. The molecule has 1 atom stereocenters. The molecule has 1 N–H and O–H groups in total. The van der Waals surface area contributed by atoms with Crippen molar-refractivity contribution in [1.29, 1.82) is 0 Å². The molecule has 16 heavy (non-hydrogen) atoms. The predicted molar refractivity (Wildman–Crippen MR) is 69.6 cm³/mol. The van der Waals surface area contributed by atoms with Gasteiger partial charge in [0.1, 0.15) is 0 Å². The number of rotatable bonds is 3. The van der Waals surface area contributed by atoms with Crippen molar-refractivity contribution in [2.24, 2.45) is 11.3 Å². The van der Waals surface area contributed by atoms with E-state index in [0.29, 0.717) is 5.41 Å². The number of hydrogen-bond acceptors (Lipinski definition) is 2. The summed E-state index contributed by atoms with van der Waals surface area (Å²) in [6.45, 7) is 8.72. The molecule has 1 aliphatic heterocycles. The normalized spacial score (nSPS) is 32.1. The van der Waals surface area contributed by atoms with Crippen molar-refractivity contribution in [3.8, 4) is 0 Å². The Labute approximate surface area is 101 Å². The quantitative estimate of drug-likeness (QED) is 0.792. The van der Waals surface area contributed by atoms with Gasteiger partial charge in [-0.1, -0.05) is 26.7 Å². The molecule has 0 aromatic heterocycles. The summed E-state index contributed by atoms with van der Waals surface area (Å²) < 4.78 is 0. The van der Waals surface area contributed by atoms with E-state index in [1.807, 2.05) is 0 Å². The van der Waals surface area contributed by atoms with Crippen molar-refractivity contribution in [1.82, 2.24) is 10.2 Å². The third-order valence-electron chi connectivity index (χ3n) is 4.90. The van der Waals surface area contributed by atoms with E-state index >= 15 is 0 Å². The van der Waals surface area contributed by atoms with Crippen LogP contribution in [0.25, 0.3) is 0 Å². The summed E-state index contributed by atoms with van der Waals surface area (Å²) >= 11 is 0. The van der Waals surface area contributed by atoms with Gasteiger partial charge in [-0.05, 0) is 50.7 Å². The standard InChI is InChI=1S/C14H28N2/c1-14(2)8-9-16(11-12(14)10-15-3)13-6-4-5-7-13/h12-13,15H,4-11H2,1-3H3. The average Bonchev–Trinajstić information content (AvgIpc) is 2.74. The third kappa shape index (κ3) is 2.60. The Bertz CT molecular complexity index is 219. The molecule has 0 bridgehead atoms. The van der Waals surface area contributed by atoms with Crippen LogP contribution in [0.1, 0.15) is 46.0 Å². The first-order chi connectivity index (χ1) is 7.63. The molecule has 0 aromatic carbocycles. The van der Waals surface area contributed by atoms with Crippen molar-refractivity contribution < 1.29 is 0 Å². The number of hydrogen-bond donors (Lipinski definition) is 1. The monoisotopic (exact) mass is 224 g/mol. The number of nitrogens with one attached hydrogen (secondary N) is 1. The topological polar surface area (TPSA) is 15.3 Å². The number of piperidine rings is 1. The van der Waals surface area contributed by atoms with Crippen LogP contribution < -0.4 is 5.32 Å². The Hall–Kier alpha value is -0.0800. The molecule has 0 spiro atoms. The molecule has 1 saturated carbocycles. The van der Waals surface area contributed by atoms with Gasteiger partial charge in [-0.2, -0.15) is 0 Å². The molecule has 1 aliphatic carbocycles. The van der Waals surface area contributed by atoms with E-state index < -0.39 is 0 Å². The van der Waals surface area contributed by atoms with Crippen molar-refractivity contribution in [3.05, 3.63) is 0 Å². The summed E-state index contributed by atoms with van der Waals surface area (Å²) in [6.07, 6.45) is 7.19. The molecular formula is C14H28N2. The van der Waals surface area contributed by atoms with Gasteiger partial charge in [-0.3, -0.25) is 0 Å². The van der Waals surface area contributed by atoms with E-state index in [1.54, 1.807) is 0 Å². The summed E-state index contributed by atoms with van der Waals surface area (Å²) in [6, 6.07) is 0.912. The van der Waals surface area contributed by atoms with Gasteiger partial charge in [0.2, 0.25) is 0 Å². The van der Waals surface area contributed by atoms with E-state index in [9.17, 15) is 0 Å². The first kappa shape index (κ1) is 12.4. The molecule has 2 rings (SSSR count). The zero-order valence-corrected chi connectivity index (χ0v) is 11.3. The highest BCUT2D eigenvalue weighted by atomic mass is 15.2. The van der Waals surface area contributed by atoms with E-state index in [-0.39, 0.29) is 0 Å². The first-order valence-electron chi connectivity index (χ1n) is 7.02. The molecule has 2 fully saturated rings. The molecule has 1 heterocycles. The first-order valence-corrected chi connectivity index (χ1v) is 7.02. The van der Waals surface area contributed by atoms with Gasteiger partial charge in [-0.15, -0.1) is 0 Å². The summed E-state index contributed by atoms with van der Waals surface area (Å²) in [5, 5.41) is 3.38. The van der Waals surface area contributed by atoms with Crippen LogP contribution in [0, 0.1) is 11.3 Å². The van der Waals surface area contributed by atoms with Crippen LogP contribution in [0.3, 0.4) is 0 Å². The zero-order valence-electron chi connectivity index (χ0n) is 11.3. The predicted octanol–water partition coefficient (Wildman–Crippen LogP) is 2.50. The lowest BCUT2D eigenvalue weighted by Crippen LogP contribution is -2.50. The minimum Gasteiger partial charge on any atom is -0.319 e. The van der Waals surface area contributed by atoms with Crippen LogP contribution >= 0.6 is 0 Å². The number of likely N-dealkylation sites (tertiary alicyclic amines) is 1. The van der Waals surface area contributed by atoms with Gasteiger partial charge in [0, 0.05) is 12.6 Å². The van der Waals surface area contributed by atoms with Crippen molar-refractivity contribution in [3.63, 3.8) is 0 Å². The SMILES string of the molecule is CNCC1CN(C2CCCC2)CCC1(C)C. The summed E-state index contributed by atoms with van der Waals surface area (Å²) in [7, 11) is 2.09. The Morgan fingerprint density at radius 2 is 1.94 bits per heavy atom. The molecule has 1 saturated heterocycles. The molecule has 0 radical (unpaired) electrons. The van der Waals surface area contributed by atoms with Gasteiger partial charge in [-0.25, -0.2) is 0 Å². The fraction of sp³-hybridized carbons (Fsp3) is 1.00. The average molecular weight is 224 g/mol. The fourth-order valence-electron chi connectivity index (χ4n) is 3.45. The van der Waals surface area contributed by atoms with Crippen molar-refractivity contribution >= 4 is 0 Å². The van der Waals surface area contributed by atoms with Gasteiger partial charge in [0.15, 0.2) is 0 Å². The largest absolute Gasteiger partial charge is 0.319 e. The molecule has 0 aromatic rings. The van der Waals surface area contributed by atoms with E-state index in [0.717, 1.165) is 12.0 Å². The highest BCUT2D eigenvalue weighted by molar-refractivity contribution is 4.91. The molecule has 94 valence electrons.